The van der Waals surface area contributed by atoms with Gasteiger partial charge in [0.15, 0.2) is 0 Å². The van der Waals surface area contributed by atoms with Gasteiger partial charge in [0.2, 0.25) is 0 Å². The lowest BCUT2D eigenvalue weighted by atomic mass is 10.3. The van der Waals surface area contributed by atoms with Crippen molar-refractivity contribution in [2.45, 2.75) is 12.5 Å². The second-order valence-corrected chi connectivity index (χ2v) is 3.98. The van der Waals surface area contributed by atoms with Gasteiger partial charge in [0.1, 0.15) is 5.82 Å². The van der Waals surface area contributed by atoms with Crippen molar-refractivity contribution in [1.82, 2.24) is 10.3 Å². The van der Waals surface area contributed by atoms with E-state index in [0.717, 1.165) is 25.2 Å². The van der Waals surface area contributed by atoms with E-state index in [-0.39, 0.29) is 6.04 Å². The average Bonchev–Trinajstić information content (AvgIpc) is 2.78. The van der Waals surface area contributed by atoms with Gasteiger partial charge in [0.05, 0.1) is 18.8 Å². The molecule has 1 aliphatic heterocycles. The summed E-state index contributed by atoms with van der Waals surface area (Å²) in [5, 5.41) is 2.78. The number of carbonyl (C=O) groups excluding carboxylic acids is 1. The van der Waals surface area contributed by atoms with Crippen LogP contribution in [0.1, 0.15) is 6.42 Å². The quantitative estimate of drug-likeness (QED) is 0.786. The molecule has 2 heterocycles. The van der Waals surface area contributed by atoms with Crippen molar-refractivity contribution in [2.24, 2.45) is 0 Å². The molecule has 1 aliphatic rings. The van der Waals surface area contributed by atoms with Crippen LogP contribution in [0.2, 0.25) is 0 Å². The van der Waals surface area contributed by atoms with Crippen molar-refractivity contribution in [1.29, 1.82) is 0 Å². The Bertz CT molecular complexity index is 410. The topological polar surface area (TPSA) is 80.5 Å². The lowest BCUT2D eigenvalue weighted by molar-refractivity contribution is 0.167. The zero-order valence-corrected chi connectivity index (χ0v) is 9.72. The third kappa shape index (κ3) is 2.58. The van der Waals surface area contributed by atoms with Gasteiger partial charge in [0.25, 0.3) is 0 Å². The molecule has 1 unspecified atom stereocenters. The minimum atomic E-state index is -0.393. The Balaban J connectivity index is 1.98. The van der Waals surface area contributed by atoms with E-state index in [0.29, 0.717) is 5.82 Å². The van der Waals surface area contributed by atoms with Crippen LogP contribution in [0.15, 0.2) is 18.3 Å². The Morgan fingerprint density at radius 3 is 3.24 bits per heavy atom. The molecule has 3 N–H and O–H groups in total. The highest BCUT2D eigenvalue weighted by Crippen LogP contribution is 2.24. The molecule has 2 rings (SSSR count). The van der Waals surface area contributed by atoms with Crippen molar-refractivity contribution in [3.63, 3.8) is 0 Å². The molecule has 0 aromatic carbocycles. The summed E-state index contributed by atoms with van der Waals surface area (Å²) in [6, 6.07) is 3.89. The maximum absolute atomic E-state index is 11.1. The summed E-state index contributed by atoms with van der Waals surface area (Å²) in [7, 11) is 1.36. The molecule has 6 nitrogen and oxygen atoms in total. The predicted molar refractivity (Wildman–Crippen MR) is 64.8 cm³/mol. The van der Waals surface area contributed by atoms with E-state index in [1.807, 2.05) is 12.1 Å². The van der Waals surface area contributed by atoms with E-state index in [1.54, 1.807) is 6.20 Å². The van der Waals surface area contributed by atoms with Crippen LogP contribution in [-0.4, -0.2) is 37.3 Å². The largest absolute Gasteiger partial charge is 0.453 e. The van der Waals surface area contributed by atoms with Gasteiger partial charge in [0, 0.05) is 19.3 Å². The Labute approximate surface area is 99.8 Å². The first-order chi connectivity index (χ1) is 8.20. The number of ether oxygens (including phenoxy) is 1. The number of alkyl carbamates (subject to hydrolysis) is 1. The number of nitrogens with two attached hydrogens (primary N) is 1. The lowest BCUT2D eigenvalue weighted by Gasteiger charge is -2.19. The fourth-order valence-corrected chi connectivity index (χ4v) is 2.00. The normalized spacial score (nSPS) is 19.1. The minimum Gasteiger partial charge on any atom is -0.453 e. The number of nitrogens with one attached hydrogen (secondary N) is 1. The number of methoxy groups -OCH3 is 1. The molecule has 1 amide bonds. The smallest absolute Gasteiger partial charge is 0.407 e. The third-order valence-electron chi connectivity index (χ3n) is 2.85. The minimum absolute atomic E-state index is 0.0991. The summed E-state index contributed by atoms with van der Waals surface area (Å²) in [4.78, 5) is 17.3. The van der Waals surface area contributed by atoms with E-state index in [2.05, 4.69) is 19.9 Å². The third-order valence-corrected chi connectivity index (χ3v) is 2.85. The molecule has 0 radical (unpaired) electrons. The standard InChI is InChI=1S/C11H16N4O2/c1-17-11(16)14-8-4-6-15(7-8)9-3-2-5-13-10(9)12/h2-3,5,8H,4,6-7H2,1H3,(H2,12,13)(H,14,16). The van der Waals surface area contributed by atoms with E-state index in [9.17, 15) is 4.79 Å². The van der Waals surface area contributed by atoms with Gasteiger partial charge in [-0.15, -0.1) is 0 Å². The average molecular weight is 236 g/mol. The molecular weight excluding hydrogens is 220 g/mol. The Hall–Kier alpha value is -1.98. The molecular formula is C11H16N4O2. The van der Waals surface area contributed by atoms with E-state index in [4.69, 9.17) is 5.73 Å². The Kier molecular flexibility index (Phi) is 3.32. The van der Waals surface area contributed by atoms with Gasteiger partial charge in [-0.1, -0.05) is 0 Å². The second kappa shape index (κ2) is 4.90. The molecule has 0 bridgehead atoms. The highest BCUT2D eigenvalue weighted by atomic mass is 16.5. The molecule has 17 heavy (non-hydrogen) atoms. The number of carbonyl (C=O) groups is 1. The zero-order valence-electron chi connectivity index (χ0n) is 9.72. The van der Waals surface area contributed by atoms with E-state index >= 15 is 0 Å². The molecule has 1 aromatic rings. The summed E-state index contributed by atoms with van der Waals surface area (Å²) < 4.78 is 4.57. The number of aromatic nitrogens is 1. The van der Waals surface area contributed by atoms with Crippen molar-refractivity contribution in [2.75, 3.05) is 30.8 Å². The Morgan fingerprint density at radius 1 is 1.71 bits per heavy atom. The van der Waals surface area contributed by atoms with Crippen molar-refractivity contribution >= 4 is 17.6 Å². The van der Waals surface area contributed by atoms with Crippen molar-refractivity contribution in [3.05, 3.63) is 18.3 Å². The predicted octanol–water partition coefficient (Wildman–Crippen LogP) is 0.599. The van der Waals surface area contributed by atoms with Crippen molar-refractivity contribution < 1.29 is 9.53 Å². The van der Waals surface area contributed by atoms with Crippen molar-refractivity contribution in [3.8, 4) is 0 Å². The van der Waals surface area contributed by atoms with Gasteiger partial charge < -0.3 is 20.7 Å². The number of hydrogen-bond donors (Lipinski definition) is 2. The van der Waals surface area contributed by atoms with E-state index < -0.39 is 6.09 Å². The van der Waals surface area contributed by atoms with Crippen LogP contribution < -0.4 is 16.0 Å². The van der Waals surface area contributed by atoms with Crippen LogP contribution in [0, 0.1) is 0 Å². The van der Waals surface area contributed by atoms with Gasteiger partial charge in [-0.2, -0.15) is 0 Å². The summed E-state index contributed by atoms with van der Waals surface area (Å²) in [6.45, 7) is 1.58. The molecule has 1 aromatic heterocycles. The monoisotopic (exact) mass is 236 g/mol. The molecule has 0 aliphatic carbocycles. The van der Waals surface area contributed by atoms with Crippen LogP contribution in [0.3, 0.4) is 0 Å². The highest BCUT2D eigenvalue weighted by Gasteiger charge is 2.25. The second-order valence-electron chi connectivity index (χ2n) is 3.98. The summed E-state index contributed by atoms with van der Waals surface area (Å²) in [5.41, 5.74) is 6.73. The molecule has 1 saturated heterocycles. The fraction of sp³-hybridized carbons (Fsp3) is 0.455. The first-order valence-electron chi connectivity index (χ1n) is 5.50. The first kappa shape index (κ1) is 11.5. The highest BCUT2D eigenvalue weighted by molar-refractivity contribution is 5.68. The SMILES string of the molecule is COC(=O)NC1CCN(c2cccnc2N)C1. The number of amides is 1. The van der Waals surface area contributed by atoms with Gasteiger partial charge in [-0.3, -0.25) is 0 Å². The van der Waals surface area contributed by atoms with Gasteiger partial charge in [-0.25, -0.2) is 9.78 Å². The van der Waals surface area contributed by atoms with Crippen LogP contribution in [0.25, 0.3) is 0 Å². The maximum Gasteiger partial charge on any atom is 0.407 e. The van der Waals surface area contributed by atoms with Gasteiger partial charge >= 0.3 is 6.09 Å². The number of hydrogen-bond acceptors (Lipinski definition) is 5. The number of pyridine rings is 1. The summed E-state index contributed by atoms with van der Waals surface area (Å²) in [6.07, 6.45) is 2.15. The Morgan fingerprint density at radius 2 is 2.53 bits per heavy atom. The molecule has 92 valence electrons. The number of nitrogens with zero attached hydrogens (tertiary/aromatic N) is 2. The van der Waals surface area contributed by atoms with E-state index in [1.165, 1.54) is 7.11 Å². The fourth-order valence-electron chi connectivity index (χ4n) is 2.00. The van der Waals surface area contributed by atoms with Crippen LogP contribution in [-0.2, 0) is 4.74 Å². The van der Waals surface area contributed by atoms with Gasteiger partial charge in [-0.05, 0) is 18.6 Å². The van der Waals surface area contributed by atoms with Crippen LogP contribution >= 0.6 is 0 Å². The first-order valence-corrected chi connectivity index (χ1v) is 5.50. The number of rotatable bonds is 2. The summed E-state index contributed by atoms with van der Waals surface area (Å²) in [5.74, 6) is 0.520. The lowest BCUT2D eigenvalue weighted by Crippen LogP contribution is -2.37. The maximum atomic E-state index is 11.1. The van der Waals surface area contributed by atoms with Crippen LogP contribution in [0.4, 0.5) is 16.3 Å². The zero-order chi connectivity index (χ0) is 12.3. The molecule has 1 fully saturated rings. The molecule has 0 saturated carbocycles. The molecule has 1 atom stereocenters. The molecule has 0 spiro atoms. The number of anilines is 2. The number of nitrogen functional groups attached to an aromatic ring is 1. The summed E-state index contributed by atoms with van der Waals surface area (Å²) >= 11 is 0. The molecule has 6 heteroatoms. The van der Waals surface area contributed by atoms with Crippen LogP contribution in [0.5, 0.6) is 0 Å².